The molecule has 0 unspecified atom stereocenters. The zero-order valence-corrected chi connectivity index (χ0v) is 13.8. The Morgan fingerprint density at radius 1 is 1.26 bits per heavy atom. The van der Waals surface area contributed by atoms with E-state index in [1.54, 1.807) is 0 Å². The van der Waals surface area contributed by atoms with Gasteiger partial charge < -0.3 is 5.32 Å². The van der Waals surface area contributed by atoms with Gasteiger partial charge in [0.2, 0.25) is 0 Å². The van der Waals surface area contributed by atoms with Crippen LogP contribution in [0.15, 0.2) is 40.6 Å². The molecule has 5 nitrogen and oxygen atoms in total. The van der Waals surface area contributed by atoms with Crippen molar-refractivity contribution < 1.29 is 4.79 Å². The van der Waals surface area contributed by atoms with Crippen LogP contribution in [0.2, 0.25) is 0 Å². The van der Waals surface area contributed by atoms with E-state index in [2.05, 4.69) is 17.2 Å². The molecule has 0 aliphatic heterocycles. The summed E-state index contributed by atoms with van der Waals surface area (Å²) in [5.74, 6) is -0.401. The van der Waals surface area contributed by atoms with E-state index in [1.807, 2.05) is 36.6 Å². The number of hydrogen-bond acceptors (Lipinski definition) is 4. The normalized spacial score (nSPS) is 10.9. The van der Waals surface area contributed by atoms with Crippen molar-refractivity contribution in [1.29, 1.82) is 0 Å². The smallest absolute Gasteiger partial charge is 0.271 e. The van der Waals surface area contributed by atoms with Gasteiger partial charge in [0.1, 0.15) is 5.56 Å². The maximum Gasteiger partial charge on any atom is 0.271 e. The van der Waals surface area contributed by atoms with Crippen molar-refractivity contribution >= 4 is 22.2 Å². The molecule has 0 atom stereocenters. The molecule has 23 heavy (non-hydrogen) atoms. The van der Waals surface area contributed by atoms with E-state index in [9.17, 15) is 9.59 Å². The number of rotatable bonds is 4. The SMILES string of the molecule is CCc1ccc(CNC(=O)c2cnc3scc(C)n3c2=O)cc1. The Kier molecular flexibility index (Phi) is 4.25. The number of benzene rings is 1. The first kappa shape index (κ1) is 15.4. The number of aromatic nitrogens is 2. The van der Waals surface area contributed by atoms with Crippen molar-refractivity contribution in [2.24, 2.45) is 0 Å². The maximum absolute atomic E-state index is 12.4. The van der Waals surface area contributed by atoms with Gasteiger partial charge in [-0.25, -0.2) is 4.98 Å². The molecule has 118 valence electrons. The number of amides is 1. The Morgan fingerprint density at radius 2 is 1.96 bits per heavy atom. The van der Waals surface area contributed by atoms with Gasteiger partial charge in [-0.3, -0.25) is 14.0 Å². The summed E-state index contributed by atoms with van der Waals surface area (Å²) in [6.45, 7) is 4.30. The van der Waals surface area contributed by atoms with Crippen LogP contribution in [0.5, 0.6) is 0 Å². The highest BCUT2D eigenvalue weighted by Gasteiger charge is 2.14. The van der Waals surface area contributed by atoms with Gasteiger partial charge in [-0.1, -0.05) is 31.2 Å². The van der Waals surface area contributed by atoms with E-state index >= 15 is 0 Å². The molecule has 0 aliphatic rings. The second-order valence-electron chi connectivity index (χ2n) is 5.32. The molecule has 0 bridgehead atoms. The van der Waals surface area contributed by atoms with E-state index < -0.39 is 5.91 Å². The average molecular weight is 327 g/mol. The number of carbonyl (C=O) groups is 1. The topological polar surface area (TPSA) is 63.5 Å². The number of carbonyl (C=O) groups excluding carboxylic acids is 1. The summed E-state index contributed by atoms with van der Waals surface area (Å²) >= 11 is 1.38. The number of aryl methyl sites for hydroxylation is 2. The van der Waals surface area contributed by atoms with Gasteiger partial charge in [-0.2, -0.15) is 0 Å². The third-order valence-electron chi connectivity index (χ3n) is 3.75. The van der Waals surface area contributed by atoms with Gasteiger partial charge in [0.05, 0.1) is 0 Å². The van der Waals surface area contributed by atoms with Crippen molar-refractivity contribution in [3.05, 3.63) is 68.6 Å². The minimum atomic E-state index is -0.401. The lowest BCUT2D eigenvalue weighted by atomic mass is 10.1. The fraction of sp³-hybridized carbons (Fsp3) is 0.235. The molecular weight excluding hydrogens is 310 g/mol. The zero-order valence-electron chi connectivity index (χ0n) is 13.0. The molecular formula is C17H17N3O2S. The highest BCUT2D eigenvalue weighted by Crippen LogP contribution is 2.11. The Morgan fingerprint density at radius 3 is 2.65 bits per heavy atom. The first-order valence-electron chi connectivity index (χ1n) is 7.42. The van der Waals surface area contributed by atoms with Crippen LogP contribution in [-0.2, 0) is 13.0 Å². The van der Waals surface area contributed by atoms with E-state index in [4.69, 9.17) is 0 Å². The van der Waals surface area contributed by atoms with Crippen LogP contribution < -0.4 is 10.9 Å². The van der Waals surface area contributed by atoms with Crippen LogP contribution >= 0.6 is 11.3 Å². The first-order valence-corrected chi connectivity index (χ1v) is 8.30. The van der Waals surface area contributed by atoms with Gasteiger partial charge in [0.15, 0.2) is 4.96 Å². The lowest BCUT2D eigenvalue weighted by Crippen LogP contribution is -2.31. The van der Waals surface area contributed by atoms with E-state index in [1.165, 1.54) is 27.5 Å². The molecule has 0 aliphatic carbocycles. The largest absolute Gasteiger partial charge is 0.348 e. The van der Waals surface area contributed by atoms with Crippen LogP contribution in [0.3, 0.4) is 0 Å². The standard InChI is InChI=1S/C17H17N3O2S/c1-3-12-4-6-13(7-5-12)8-18-15(21)14-9-19-17-20(16(14)22)11(2)10-23-17/h4-7,9-10H,3,8H2,1-2H3,(H,18,21). The van der Waals surface area contributed by atoms with Crippen LogP contribution in [0, 0.1) is 6.92 Å². The quantitative estimate of drug-likeness (QED) is 0.801. The molecule has 2 aromatic heterocycles. The van der Waals surface area contributed by atoms with Gasteiger partial charge in [-0.05, 0) is 24.5 Å². The summed E-state index contributed by atoms with van der Waals surface area (Å²) in [6, 6.07) is 8.05. The van der Waals surface area contributed by atoms with Gasteiger partial charge >= 0.3 is 0 Å². The summed E-state index contributed by atoms with van der Waals surface area (Å²) in [5.41, 5.74) is 2.77. The predicted molar refractivity (Wildman–Crippen MR) is 91.1 cm³/mol. The average Bonchev–Trinajstić information content (AvgIpc) is 2.95. The second-order valence-corrected chi connectivity index (χ2v) is 6.16. The number of fused-ring (bicyclic) bond motifs is 1. The first-order chi connectivity index (χ1) is 11.1. The molecule has 0 spiro atoms. The molecule has 2 heterocycles. The monoisotopic (exact) mass is 327 g/mol. The lowest BCUT2D eigenvalue weighted by Gasteiger charge is -2.06. The summed E-state index contributed by atoms with van der Waals surface area (Å²) in [5, 5.41) is 4.63. The van der Waals surface area contributed by atoms with Crippen molar-refractivity contribution in [2.75, 3.05) is 0 Å². The molecule has 0 saturated carbocycles. The van der Waals surface area contributed by atoms with E-state index in [-0.39, 0.29) is 11.1 Å². The molecule has 0 saturated heterocycles. The molecule has 3 aromatic rings. The Hall–Kier alpha value is -2.47. The molecule has 0 radical (unpaired) electrons. The number of thiazole rings is 1. The minimum Gasteiger partial charge on any atom is -0.348 e. The Bertz CT molecular complexity index is 910. The number of nitrogens with one attached hydrogen (secondary N) is 1. The van der Waals surface area contributed by atoms with Crippen molar-refractivity contribution in [2.45, 2.75) is 26.8 Å². The molecule has 0 fully saturated rings. The van der Waals surface area contributed by atoms with Gasteiger partial charge in [0.25, 0.3) is 11.5 Å². The van der Waals surface area contributed by atoms with E-state index in [0.29, 0.717) is 11.5 Å². The summed E-state index contributed by atoms with van der Waals surface area (Å²) in [6.07, 6.45) is 2.33. The maximum atomic E-state index is 12.4. The van der Waals surface area contributed by atoms with Gasteiger partial charge in [-0.15, -0.1) is 11.3 Å². The predicted octanol–water partition coefficient (Wildman–Crippen LogP) is 2.56. The molecule has 3 rings (SSSR count). The van der Waals surface area contributed by atoms with Crippen molar-refractivity contribution in [3.8, 4) is 0 Å². The summed E-state index contributed by atoms with van der Waals surface area (Å²) in [4.78, 5) is 29.5. The molecule has 1 N–H and O–H groups in total. The number of nitrogens with zero attached hydrogens (tertiary/aromatic N) is 2. The Labute approximate surface area is 137 Å². The van der Waals surface area contributed by atoms with Crippen molar-refractivity contribution in [1.82, 2.24) is 14.7 Å². The lowest BCUT2D eigenvalue weighted by molar-refractivity contribution is 0.0949. The van der Waals surface area contributed by atoms with E-state index in [0.717, 1.165) is 17.7 Å². The minimum absolute atomic E-state index is 0.0641. The fourth-order valence-corrected chi connectivity index (χ4v) is 3.18. The summed E-state index contributed by atoms with van der Waals surface area (Å²) < 4.78 is 1.47. The second kappa shape index (κ2) is 6.34. The van der Waals surface area contributed by atoms with Crippen LogP contribution in [-0.4, -0.2) is 15.3 Å². The highest BCUT2D eigenvalue weighted by atomic mass is 32.1. The summed E-state index contributed by atoms with van der Waals surface area (Å²) in [7, 11) is 0. The van der Waals surface area contributed by atoms with Gasteiger partial charge in [0, 0.05) is 23.8 Å². The van der Waals surface area contributed by atoms with Crippen LogP contribution in [0.1, 0.15) is 34.1 Å². The molecule has 1 aromatic carbocycles. The number of hydrogen-bond donors (Lipinski definition) is 1. The fourth-order valence-electron chi connectivity index (χ4n) is 2.35. The van der Waals surface area contributed by atoms with Crippen LogP contribution in [0.25, 0.3) is 4.96 Å². The zero-order chi connectivity index (χ0) is 16.4. The van der Waals surface area contributed by atoms with Crippen LogP contribution in [0.4, 0.5) is 0 Å². The molecule has 1 amide bonds. The highest BCUT2D eigenvalue weighted by molar-refractivity contribution is 7.15. The third kappa shape index (κ3) is 3.03. The third-order valence-corrected chi connectivity index (χ3v) is 4.70. The van der Waals surface area contributed by atoms with Crippen molar-refractivity contribution in [3.63, 3.8) is 0 Å². The Balaban J connectivity index is 1.79. The molecule has 6 heteroatoms.